The molecule has 0 saturated heterocycles. The Morgan fingerprint density at radius 1 is 1.13 bits per heavy atom. The van der Waals surface area contributed by atoms with Gasteiger partial charge in [0.15, 0.2) is 0 Å². The van der Waals surface area contributed by atoms with Gasteiger partial charge < -0.3 is 4.74 Å². The molecule has 0 N–H and O–H groups in total. The van der Waals surface area contributed by atoms with Crippen LogP contribution in [-0.2, 0) is 0 Å². The zero-order valence-electron chi connectivity index (χ0n) is 14.4. The number of rotatable bonds is 8. The van der Waals surface area contributed by atoms with E-state index < -0.39 is 7.42 Å². The Morgan fingerprint density at radius 3 is 2.35 bits per heavy atom. The third-order valence-corrected chi connectivity index (χ3v) is 7.24. The Kier molecular flexibility index (Phi) is 8.29. The average molecular weight is 373 g/mol. The van der Waals surface area contributed by atoms with Crippen LogP contribution in [0.15, 0.2) is 24.3 Å². The fraction of sp³-hybridized carbons (Fsp3) is 0.684. The van der Waals surface area contributed by atoms with E-state index in [9.17, 15) is 0 Å². The maximum absolute atomic E-state index is 5.94. The molecule has 1 saturated carbocycles. The van der Waals surface area contributed by atoms with E-state index >= 15 is 0 Å². The lowest BCUT2D eigenvalue weighted by Crippen LogP contribution is -2.13. The lowest BCUT2D eigenvalue weighted by atomic mass is 9.77. The molecule has 0 amide bonds. The summed E-state index contributed by atoms with van der Waals surface area (Å²) in [5.74, 6) is 3.10. The number of hydrogen-bond acceptors (Lipinski definition) is 1. The average Bonchev–Trinajstić information content (AvgIpc) is 2.54. The summed E-state index contributed by atoms with van der Waals surface area (Å²) >= 11 is 11.9. The van der Waals surface area contributed by atoms with E-state index in [1.807, 2.05) is 0 Å². The normalized spacial score (nSPS) is 23.0. The standard InChI is InChI=1S/C19H30Cl2OSi/c1-3-4-16-5-7-17(8-6-16)18-9-11-19(12-10-18)22-13-15(2)14-23(20)21/h9-12,15-17,23H,3-8,13-14H2,1-2H3. The van der Waals surface area contributed by atoms with Gasteiger partial charge in [0, 0.05) is 0 Å². The summed E-state index contributed by atoms with van der Waals surface area (Å²) in [5, 5.41) is 0. The predicted octanol–water partition coefficient (Wildman–Crippen LogP) is 6.47. The fourth-order valence-electron chi connectivity index (χ4n) is 3.64. The third-order valence-electron chi connectivity index (χ3n) is 5.01. The van der Waals surface area contributed by atoms with Crippen molar-refractivity contribution < 1.29 is 4.74 Å². The first kappa shape index (κ1) is 19.1. The van der Waals surface area contributed by atoms with Crippen LogP contribution in [-0.4, -0.2) is 14.0 Å². The highest BCUT2D eigenvalue weighted by Gasteiger charge is 2.21. The zero-order chi connectivity index (χ0) is 16.7. The molecule has 1 fully saturated rings. The zero-order valence-corrected chi connectivity index (χ0v) is 17.1. The van der Waals surface area contributed by atoms with Crippen LogP contribution in [0.25, 0.3) is 0 Å². The maximum atomic E-state index is 5.94. The molecule has 0 aliphatic heterocycles. The van der Waals surface area contributed by atoms with Crippen molar-refractivity contribution in [3.63, 3.8) is 0 Å². The lowest BCUT2D eigenvalue weighted by molar-refractivity contribution is 0.270. The van der Waals surface area contributed by atoms with E-state index in [-0.39, 0.29) is 0 Å². The van der Waals surface area contributed by atoms with Crippen molar-refractivity contribution in [1.82, 2.24) is 0 Å². The first-order valence-corrected chi connectivity index (χ1v) is 13.4. The lowest BCUT2D eigenvalue weighted by Gasteiger charge is -2.28. The van der Waals surface area contributed by atoms with E-state index in [1.54, 1.807) is 0 Å². The highest BCUT2D eigenvalue weighted by atomic mass is 35.7. The molecule has 0 aromatic heterocycles. The van der Waals surface area contributed by atoms with Gasteiger partial charge in [-0.15, -0.1) is 0 Å². The Bertz CT molecular complexity index is 441. The molecule has 0 heterocycles. The molecule has 0 bridgehead atoms. The van der Waals surface area contributed by atoms with Crippen LogP contribution in [0.2, 0.25) is 6.04 Å². The molecule has 1 aliphatic carbocycles. The second-order valence-corrected chi connectivity index (χ2v) is 12.2. The van der Waals surface area contributed by atoms with Gasteiger partial charge in [-0.05, 0) is 67.2 Å². The van der Waals surface area contributed by atoms with Crippen LogP contribution in [0.1, 0.15) is 63.9 Å². The summed E-state index contributed by atoms with van der Waals surface area (Å²) in [6, 6.07) is 9.66. The quantitative estimate of drug-likeness (QED) is 0.375. The molecule has 1 aromatic carbocycles. The molecule has 1 unspecified atom stereocenters. The SMILES string of the molecule is CCCC1CCC(c2ccc(OCC(C)C[SiH](Cl)Cl)cc2)CC1. The third kappa shape index (κ3) is 6.68. The maximum Gasteiger partial charge on any atom is 0.237 e. The molecule has 1 atom stereocenters. The van der Waals surface area contributed by atoms with Crippen LogP contribution in [0.5, 0.6) is 5.75 Å². The van der Waals surface area contributed by atoms with Crippen molar-refractivity contribution >= 4 is 29.6 Å². The summed E-state index contributed by atoms with van der Waals surface area (Å²) in [6.07, 6.45) is 8.23. The topological polar surface area (TPSA) is 9.23 Å². The van der Waals surface area contributed by atoms with Crippen molar-refractivity contribution in [3.8, 4) is 5.75 Å². The van der Waals surface area contributed by atoms with Crippen molar-refractivity contribution in [2.45, 2.75) is 64.3 Å². The van der Waals surface area contributed by atoms with Gasteiger partial charge in [-0.1, -0.05) is 38.8 Å². The highest BCUT2D eigenvalue weighted by Crippen LogP contribution is 2.37. The van der Waals surface area contributed by atoms with Gasteiger partial charge in [-0.3, -0.25) is 0 Å². The van der Waals surface area contributed by atoms with Gasteiger partial charge in [0.05, 0.1) is 6.61 Å². The molecule has 1 aliphatic rings. The minimum atomic E-state index is -1.53. The summed E-state index contributed by atoms with van der Waals surface area (Å²) in [6.45, 7) is 5.15. The van der Waals surface area contributed by atoms with E-state index in [2.05, 4.69) is 38.1 Å². The van der Waals surface area contributed by atoms with Crippen molar-refractivity contribution in [2.24, 2.45) is 11.8 Å². The van der Waals surface area contributed by atoms with Crippen LogP contribution in [0, 0.1) is 11.8 Å². The molecule has 1 aromatic rings. The minimum Gasteiger partial charge on any atom is -0.493 e. The molecule has 130 valence electrons. The molecule has 1 nitrogen and oxygen atoms in total. The van der Waals surface area contributed by atoms with E-state index in [0.717, 1.165) is 23.6 Å². The highest BCUT2D eigenvalue weighted by molar-refractivity contribution is 7.33. The molecule has 23 heavy (non-hydrogen) atoms. The summed E-state index contributed by atoms with van der Waals surface area (Å²) < 4.78 is 5.86. The summed E-state index contributed by atoms with van der Waals surface area (Å²) in [5.41, 5.74) is 1.48. The van der Waals surface area contributed by atoms with Crippen LogP contribution in [0.4, 0.5) is 0 Å². The van der Waals surface area contributed by atoms with E-state index in [4.69, 9.17) is 26.9 Å². The van der Waals surface area contributed by atoms with Crippen molar-refractivity contribution in [1.29, 1.82) is 0 Å². The Balaban J connectivity index is 1.78. The van der Waals surface area contributed by atoms with Crippen LogP contribution >= 0.6 is 22.2 Å². The fourth-order valence-corrected chi connectivity index (χ4v) is 6.21. The molecular weight excluding hydrogens is 343 g/mol. The first-order chi connectivity index (χ1) is 11.1. The predicted molar refractivity (Wildman–Crippen MR) is 104 cm³/mol. The summed E-state index contributed by atoms with van der Waals surface area (Å²) in [4.78, 5) is 0. The van der Waals surface area contributed by atoms with Crippen LogP contribution in [0.3, 0.4) is 0 Å². The molecule has 2 rings (SSSR count). The Labute approximate surface area is 152 Å². The van der Waals surface area contributed by atoms with Crippen molar-refractivity contribution in [3.05, 3.63) is 29.8 Å². The van der Waals surface area contributed by atoms with Gasteiger partial charge >= 0.3 is 0 Å². The van der Waals surface area contributed by atoms with Crippen molar-refractivity contribution in [2.75, 3.05) is 6.61 Å². The monoisotopic (exact) mass is 372 g/mol. The van der Waals surface area contributed by atoms with Gasteiger partial charge in [0.2, 0.25) is 7.42 Å². The van der Waals surface area contributed by atoms with Gasteiger partial charge in [-0.2, -0.15) is 22.2 Å². The number of halogens is 2. The van der Waals surface area contributed by atoms with Gasteiger partial charge in [0.1, 0.15) is 5.75 Å². The van der Waals surface area contributed by atoms with E-state index in [1.165, 1.54) is 44.1 Å². The summed E-state index contributed by atoms with van der Waals surface area (Å²) in [7, 11) is -1.53. The molecule has 4 heteroatoms. The molecule has 0 radical (unpaired) electrons. The Hall–Kier alpha value is -0.183. The second-order valence-electron chi connectivity index (χ2n) is 7.12. The Morgan fingerprint density at radius 2 is 1.78 bits per heavy atom. The van der Waals surface area contributed by atoms with Crippen LogP contribution < -0.4 is 4.74 Å². The van der Waals surface area contributed by atoms with E-state index in [0.29, 0.717) is 12.5 Å². The largest absolute Gasteiger partial charge is 0.493 e. The second kappa shape index (κ2) is 9.96. The number of benzene rings is 1. The minimum absolute atomic E-state index is 0.426. The van der Waals surface area contributed by atoms with Gasteiger partial charge in [0.25, 0.3) is 0 Å². The molecular formula is C19H30Cl2OSi. The number of hydrogen-bond donors (Lipinski definition) is 0. The van der Waals surface area contributed by atoms with Gasteiger partial charge in [-0.25, -0.2) is 0 Å². The smallest absolute Gasteiger partial charge is 0.237 e. The number of ether oxygens (including phenoxy) is 1. The molecule has 0 spiro atoms. The first-order valence-electron chi connectivity index (χ1n) is 9.09.